The van der Waals surface area contributed by atoms with Gasteiger partial charge >= 0.3 is 11.8 Å². The van der Waals surface area contributed by atoms with Crippen molar-refractivity contribution in [3.05, 3.63) is 32.1 Å². The number of rotatable bonds is 3. The third kappa shape index (κ3) is 2.89. The quantitative estimate of drug-likeness (QED) is 0.337. The third-order valence-electron chi connectivity index (χ3n) is 0.627. The van der Waals surface area contributed by atoms with Crippen LogP contribution in [0.1, 0.15) is 0 Å². The van der Waals surface area contributed by atoms with E-state index in [1.807, 2.05) is 0 Å². The minimum atomic E-state index is -1.73. The number of carboxylic acid groups (broad SMARTS) is 1. The Morgan fingerprint density at radius 2 is 1.64 bits per heavy atom. The maximum atomic E-state index is 9.73. The molecule has 0 bridgehead atoms. The van der Waals surface area contributed by atoms with Gasteiger partial charge in [-0.2, -0.15) is 0 Å². The van der Waals surface area contributed by atoms with E-state index in [4.69, 9.17) is 5.11 Å². The van der Waals surface area contributed by atoms with Crippen LogP contribution in [0.3, 0.4) is 0 Å². The average Bonchev–Trinajstić information content (AvgIpc) is 1.81. The highest BCUT2D eigenvalue weighted by Gasteiger charge is 2.26. The smallest absolute Gasteiger partial charge is 0.478 e. The fourth-order valence-corrected chi connectivity index (χ4v) is 0.283. The van der Waals surface area contributed by atoms with Gasteiger partial charge < -0.3 is 5.11 Å². The van der Waals surface area contributed by atoms with Gasteiger partial charge in [-0.1, -0.05) is 0 Å². The Morgan fingerprint density at radius 1 is 1.27 bits per heavy atom. The number of aliphatic carboxylic acids is 1. The Kier molecular flexibility index (Phi) is 2.66. The molecule has 0 aliphatic heterocycles. The second-order valence-electron chi connectivity index (χ2n) is 1.35. The first kappa shape index (κ1) is 9.01. The minimum Gasteiger partial charge on any atom is -0.478 e. The van der Waals surface area contributed by atoms with E-state index in [0.717, 1.165) is 0 Å². The van der Waals surface area contributed by atoms with Crippen LogP contribution < -0.4 is 0 Å². The summed E-state index contributed by atoms with van der Waals surface area (Å²) in [4.78, 5) is 26.4. The molecule has 8 heteroatoms. The molecule has 0 fully saturated rings. The first-order valence-corrected chi connectivity index (χ1v) is 2.18. The van der Waals surface area contributed by atoms with Crippen LogP contribution in [-0.2, 0) is 4.79 Å². The summed E-state index contributed by atoms with van der Waals surface area (Å²) in [6, 6.07) is 0. The van der Waals surface area contributed by atoms with Crippen LogP contribution in [0.5, 0.6) is 0 Å². The molecule has 0 aliphatic carbocycles. The van der Waals surface area contributed by atoms with Gasteiger partial charge in [0, 0.05) is 0 Å². The van der Waals surface area contributed by atoms with Gasteiger partial charge in [0.25, 0.3) is 0 Å². The normalized spacial score (nSPS) is 8.36. The molecule has 0 saturated heterocycles. The van der Waals surface area contributed by atoms with E-state index in [-0.39, 0.29) is 6.08 Å². The monoisotopic (exact) mass is 162 g/mol. The lowest BCUT2D eigenvalue weighted by atomic mass is 10.6. The molecule has 11 heavy (non-hydrogen) atoms. The highest BCUT2D eigenvalue weighted by molar-refractivity contribution is 5.79. The molecular weight excluding hydrogens is 160 g/mol. The molecular formula is C3H2N2O6. The molecule has 60 valence electrons. The van der Waals surface area contributed by atoms with E-state index in [1.54, 1.807) is 0 Å². The molecule has 1 N–H and O–H groups in total. The number of hydrogen-bond acceptors (Lipinski definition) is 5. The van der Waals surface area contributed by atoms with Crippen molar-refractivity contribution in [3.8, 4) is 0 Å². The Labute approximate surface area is 59.0 Å². The van der Waals surface area contributed by atoms with Gasteiger partial charge in [0.05, 0.1) is 0 Å². The van der Waals surface area contributed by atoms with Crippen LogP contribution in [0.4, 0.5) is 0 Å². The predicted octanol–water partition coefficient (Wildman–Crippen LogP) is -0.534. The highest BCUT2D eigenvalue weighted by Crippen LogP contribution is 1.94. The van der Waals surface area contributed by atoms with Crippen LogP contribution >= 0.6 is 0 Å². The van der Waals surface area contributed by atoms with E-state index in [1.165, 1.54) is 0 Å². The maximum Gasteiger partial charge on any atom is 0.566 e. The van der Waals surface area contributed by atoms with E-state index >= 15 is 0 Å². The van der Waals surface area contributed by atoms with Crippen molar-refractivity contribution < 1.29 is 19.7 Å². The van der Waals surface area contributed by atoms with Crippen molar-refractivity contribution in [2.45, 2.75) is 0 Å². The summed E-state index contributed by atoms with van der Waals surface area (Å²) in [5, 5.41) is 27.3. The van der Waals surface area contributed by atoms with Crippen molar-refractivity contribution in [1.82, 2.24) is 0 Å². The number of carbonyl (C=O) groups is 1. The lowest BCUT2D eigenvalue weighted by Gasteiger charge is -1.83. The molecule has 0 aromatic heterocycles. The summed E-state index contributed by atoms with van der Waals surface area (Å²) in [6.45, 7) is 0. The summed E-state index contributed by atoms with van der Waals surface area (Å²) in [7, 11) is 0. The predicted molar refractivity (Wildman–Crippen MR) is 29.7 cm³/mol. The van der Waals surface area contributed by atoms with Crippen molar-refractivity contribution in [1.29, 1.82) is 0 Å². The lowest BCUT2D eigenvalue weighted by Crippen LogP contribution is -2.11. The fraction of sp³-hybridized carbons (Fsp3) is 0. The maximum absolute atomic E-state index is 9.73. The van der Waals surface area contributed by atoms with Gasteiger partial charge in [-0.25, -0.2) is 4.79 Å². The van der Waals surface area contributed by atoms with Crippen molar-refractivity contribution in [2.24, 2.45) is 0 Å². The molecule has 0 spiro atoms. The highest BCUT2D eigenvalue weighted by atomic mass is 16.7. The Bertz CT molecular complexity index is 226. The van der Waals surface area contributed by atoms with E-state index in [9.17, 15) is 25.0 Å². The molecule has 0 rings (SSSR count). The van der Waals surface area contributed by atoms with Crippen LogP contribution in [0.25, 0.3) is 0 Å². The molecule has 0 saturated carbocycles. The Morgan fingerprint density at radius 3 is 1.73 bits per heavy atom. The van der Waals surface area contributed by atoms with Crippen LogP contribution in [0.2, 0.25) is 0 Å². The van der Waals surface area contributed by atoms with Gasteiger partial charge in [-0.05, 0) is 0 Å². The number of carboxylic acids is 1. The minimum absolute atomic E-state index is 0.0833. The van der Waals surface area contributed by atoms with Crippen molar-refractivity contribution >= 4 is 5.97 Å². The van der Waals surface area contributed by atoms with Crippen LogP contribution in [0.15, 0.2) is 11.9 Å². The van der Waals surface area contributed by atoms with E-state index in [2.05, 4.69) is 0 Å². The zero-order valence-corrected chi connectivity index (χ0v) is 4.96. The molecule has 0 aliphatic rings. The first-order valence-electron chi connectivity index (χ1n) is 2.18. The molecule has 8 nitrogen and oxygen atoms in total. The largest absolute Gasteiger partial charge is 0.566 e. The number of nitro groups is 2. The molecule has 0 aromatic rings. The van der Waals surface area contributed by atoms with Crippen molar-refractivity contribution in [3.63, 3.8) is 0 Å². The second-order valence-corrected chi connectivity index (χ2v) is 1.35. The summed E-state index contributed by atoms with van der Waals surface area (Å²) in [6.07, 6.45) is -0.0833. The van der Waals surface area contributed by atoms with E-state index < -0.39 is 21.6 Å². The summed E-state index contributed by atoms with van der Waals surface area (Å²) < 4.78 is 0. The van der Waals surface area contributed by atoms with E-state index in [0.29, 0.717) is 0 Å². The lowest BCUT2D eigenvalue weighted by molar-refractivity contribution is -0.615. The van der Waals surface area contributed by atoms with Crippen LogP contribution in [0, 0.1) is 20.2 Å². The average molecular weight is 162 g/mol. The summed E-state index contributed by atoms with van der Waals surface area (Å²) >= 11 is 0. The van der Waals surface area contributed by atoms with Gasteiger partial charge in [-0.15, -0.1) is 0 Å². The molecule has 0 aromatic carbocycles. The Balaban J connectivity index is 4.75. The van der Waals surface area contributed by atoms with Crippen molar-refractivity contribution in [2.75, 3.05) is 0 Å². The van der Waals surface area contributed by atoms with Gasteiger partial charge in [-0.3, -0.25) is 20.2 Å². The zero-order valence-electron chi connectivity index (χ0n) is 4.96. The number of nitrogens with zero attached hydrogens (tertiary/aromatic N) is 2. The fourth-order valence-electron chi connectivity index (χ4n) is 0.283. The molecule has 0 heterocycles. The van der Waals surface area contributed by atoms with Crippen LogP contribution in [-0.4, -0.2) is 20.9 Å². The van der Waals surface area contributed by atoms with Gasteiger partial charge in [0.15, 0.2) is 6.08 Å². The van der Waals surface area contributed by atoms with Gasteiger partial charge in [0.1, 0.15) is 9.85 Å². The summed E-state index contributed by atoms with van der Waals surface area (Å²) in [5.74, 6) is -3.29. The first-order chi connectivity index (χ1) is 4.95. The number of hydrogen-bond donors (Lipinski definition) is 1. The summed E-state index contributed by atoms with van der Waals surface area (Å²) in [5.41, 5.74) is 0. The molecule has 0 amide bonds. The molecule has 0 unspecified atom stereocenters. The standard InChI is InChI=1S/C3H2N2O6/c6-3(7)1-2(4(8)9)5(10)11/h1H,(H,6,7). The molecule has 0 atom stereocenters. The topological polar surface area (TPSA) is 124 Å². The second kappa shape index (κ2) is 3.25. The SMILES string of the molecule is O=C(O)C=C([N+](=O)[O-])[N+](=O)[O-]. The zero-order chi connectivity index (χ0) is 9.02. The third-order valence-corrected chi connectivity index (χ3v) is 0.627. The molecule has 0 radical (unpaired) electrons. The van der Waals surface area contributed by atoms with Gasteiger partial charge in [0.2, 0.25) is 0 Å². The Hall–Kier alpha value is -1.99.